The largest absolute Gasteiger partial charge is 0.405 e. The lowest BCUT2D eigenvalue weighted by atomic mass is 9.99. The third kappa shape index (κ3) is 26.7. The molecular weight excluding hydrogens is 803 g/mol. The highest BCUT2D eigenvalue weighted by atomic mass is 28.4. The van der Waals surface area contributed by atoms with Crippen LogP contribution in [0, 0.1) is 5.92 Å². The van der Waals surface area contributed by atoms with E-state index in [1.807, 2.05) is 12.1 Å². The van der Waals surface area contributed by atoms with Crippen LogP contribution in [-0.4, -0.2) is 57.5 Å². The molecule has 0 saturated carbocycles. The Hall–Kier alpha value is -3.66. The monoisotopic (exact) mass is 890 g/mol. The molecule has 63 heavy (non-hydrogen) atoms. The number of carbonyl (C=O) groups is 2. The van der Waals surface area contributed by atoms with Gasteiger partial charge in [0.15, 0.2) is 0 Å². The van der Waals surface area contributed by atoms with Gasteiger partial charge < -0.3 is 14.8 Å². The van der Waals surface area contributed by atoms with Crippen LogP contribution in [-0.2, 0) is 14.0 Å². The number of carbonyl (C=O) groups excluding carboxylic acids is 2. The predicted molar refractivity (Wildman–Crippen MR) is 266 cm³/mol. The number of rotatable bonds is 37. The summed E-state index contributed by atoms with van der Waals surface area (Å²) in [7, 11) is -2.75. The van der Waals surface area contributed by atoms with Crippen molar-refractivity contribution in [3.8, 4) is 0 Å². The first-order chi connectivity index (χ1) is 30.6. The van der Waals surface area contributed by atoms with E-state index in [1.165, 1.54) is 126 Å². The minimum absolute atomic E-state index is 0.000103. The Morgan fingerprint density at radius 3 is 1.43 bits per heavy atom. The van der Waals surface area contributed by atoms with Gasteiger partial charge in [-0.1, -0.05) is 234 Å². The molecule has 0 heterocycles. The molecule has 2 N–H and O–H groups in total. The molecule has 0 aliphatic heterocycles. The van der Waals surface area contributed by atoms with Gasteiger partial charge in [0.1, 0.15) is 5.78 Å². The van der Waals surface area contributed by atoms with Crippen LogP contribution in [0.2, 0.25) is 5.04 Å². The molecule has 0 bridgehead atoms. The maximum atomic E-state index is 12.8. The maximum absolute atomic E-state index is 12.8. The fraction of sp³-hybridized carbons (Fsp3) is 0.725. The highest BCUT2D eigenvalue weighted by Gasteiger charge is 2.50. The van der Waals surface area contributed by atoms with Crippen molar-refractivity contribution in [2.24, 2.45) is 16.1 Å². The molecule has 0 aliphatic rings. The van der Waals surface area contributed by atoms with Crippen molar-refractivity contribution in [2.75, 3.05) is 26.3 Å². The first-order valence-corrected chi connectivity index (χ1v) is 26.7. The molecule has 0 unspecified atom stereocenters. The summed E-state index contributed by atoms with van der Waals surface area (Å²) >= 11 is 0. The first-order valence-electron chi connectivity index (χ1n) is 24.8. The van der Waals surface area contributed by atoms with Crippen molar-refractivity contribution < 1.29 is 19.1 Å². The number of ketones is 1. The predicted octanol–water partition coefficient (Wildman–Crippen LogP) is 13.6. The molecule has 11 nitrogen and oxygen atoms in total. The second-order valence-electron chi connectivity index (χ2n) is 18.4. The van der Waals surface area contributed by atoms with Crippen molar-refractivity contribution in [1.82, 2.24) is 5.32 Å². The molecule has 0 fully saturated rings. The van der Waals surface area contributed by atoms with E-state index in [-0.39, 0.29) is 55.0 Å². The summed E-state index contributed by atoms with van der Waals surface area (Å²) in [5.41, 5.74) is 17.2. The highest BCUT2D eigenvalue weighted by molar-refractivity contribution is 6.99. The number of aliphatic hydroxyl groups is 1. The summed E-state index contributed by atoms with van der Waals surface area (Å²) in [6.45, 7) is 11.8. The Labute approximate surface area is 383 Å². The summed E-state index contributed by atoms with van der Waals surface area (Å²) in [5, 5.41) is 21.7. The highest BCUT2D eigenvalue weighted by Crippen LogP contribution is 2.37. The van der Waals surface area contributed by atoms with Crippen molar-refractivity contribution >= 4 is 30.4 Å². The normalized spacial score (nSPS) is 12.3. The number of benzene rings is 2. The molecule has 0 radical (unpaired) electrons. The first kappa shape index (κ1) is 57.4. The van der Waals surface area contributed by atoms with E-state index in [4.69, 9.17) is 20.6 Å². The van der Waals surface area contributed by atoms with Gasteiger partial charge in [-0.3, -0.25) is 9.59 Å². The molecule has 12 heteroatoms. The Bertz CT molecular complexity index is 1490. The fourth-order valence-electron chi connectivity index (χ4n) is 8.26. The number of nitrogens with zero attached hydrogens (tertiary/aromatic N) is 6. The molecular formula is C51H87N7O4Si. The van der Waals surface area contributed by atoms with Gasteiger partial charge in [-0.2, -0.15) is 0 Å². The summed E-state index contributed by atoms with van der Waals surface area (Å²) in [6, 6.07) is 20.5. The summed E-state index contributed by atoms with van der Waals surface area (Å²) < 4.78 is 6.98. The quantitative estimate of drug-likeness (QED) is 0.0226. The Morgan fingerprint density at radius 2 is 1.03 bits per heavy atom. The van der Waals surface area contributed by atoms with Crippen LogP contribution in [0.3, 0.4) is 0 Å². The van der Waals surface area contributed by atoms with E-state index in [0.717, 1.165) is 25.7 Å². The van der Waals surface area contributed by atoms with E-state index in [1.54, 1.807) is 0 Å². The molecule has 0 saturated heterocycles. The lowest BCUT2D eigenvalue weighted by Gasteiger charge is -2.43. The number of azide groups is 2. The van der Waals surface area contributed by atoms with Gasteiger partial charge in [-0.05, 0) is 45.2 Å². The molecule has 1 amide bonds. The van der Waals surface area contributed by atoms with Gasteiger partial charge in [0.05, 0.1) is 12.6 Å². The van der Waals surface area contributed by atoms with Crippen LogP contribution >= 0.6 is 0 Å². The van der Waals surface area contributed by atoms with E-state index in [0.29, 0.717) is 19.3 Å². The number of aliphatic hydroxyl groups excluding tert-OH is 1. The smallest absolute Gasteiger partial charge is 0.261 e. The zero-order valence-electron chi connectivity index (χ0n) is 40.3. The molecule has 2 rings (SSSR count). The summed E-state index contributed by atoms with van der Waals surface area (Å²) in [4.78, 5) is 30.3. The van der Waals surface area contributed by atoms with Gasteiger partial charge in [0, 0.05) is 48.8 Å². The third-order valence-corrected chi connectivity index (χ3v) is 16.9. The maximum Gasteiger partial charge on any atom is 0.261 e. The number of hydrogen-bond acceptors (Lipinski definition) is 6. The van der Waals surface area contributed by atoms with E-state index in [2.05, 4.69) is 109 Å². The van der Waals surface area contributed by atoms with E-state index >= 15 is 0 Å². The van der Waals surface area contributed by atoms with Crippen molar-refractivity contribution in [1.29, 1.82) is 0 Å². The number of nitrogens with one attached hydrogen (secondary N) is 1. The van der Waals surface area contributed by atoms with Crippen LogP contribution in [0.5, 0.6) is 0 Å². The lowest BCUT2D eigenvalue weighted by molar-refractivity contribution is -0.122. The van der Waals surface area contributed by atoms with Gasteiger partial charge in [0.2, 0.25) is 5.91 Å². The van der Waals surface area contributed by atoms with Crippen molar-refractivity contribution in [2.45, 2.75) is 206 Å². The Morgan fingerprint density at radius 1 is 0.635 bits per heavy atom. The SMILES string of the molecule is CCCCCCCCCCCCCC(=O)C[C@@H](CO)CN=[N+]=[N-].CCCCCCCCCCCCCC(=O)N[C@H](CN=[N+]=[N-])CO[Si](c1ccccc1)(c1ccccc1)C(C)(C)C. The van der Waals surface area contributed by atoms with Crippen molar-refractivity contribution in [3.63, 3.8) is 0 Å². The van der Waals surface area contributed by atoms with Gasteiger partial charge in [-0.15, -0.1) is 0 Å². The fourth-order valence-corrected chi connectivity index (χ4v) is 12.9. The standard InChI is InChI=1S/C33H52N4O2Si.C18H35N3O2/c1-5-6-7-8-9-10-11-12-13-14-21-26-32(38)36-29(27-35-37-34)28-39-40(33(2,3)4,30-22-17-15-18-23-30)31-24-19-16-20-25-31;1-2-3-4-5-6-7-8-9-10-11-12-13-18(23)14-17(16-22)15-20-21-19/h15-20,22-25,29H,5-14,21,26-28H2,1-4H3,(H,36,38);17,22H,2-16H2,1H3/t29-;17-/m11/s1. The van der Waals surface area contributed by atoms with Gasteiger partial charge in [0.25, 0.3) is 8.32 Å². The molecule has 0 aliphatic carbocycles. The van der Waals surface area contributed by atoms with Crippen LogP contribution in [0.1, 0.15) is 195 Å². The average Bonchev–Trinajstić information content (AvgIpc) is 3.28. The zero-order chi connectivity index (χ0) is 46.3. The minimum atomic E-state index is -2.75. The molecule has 354 valence electrons. The number of amides is 1. The second kappa shape index (κ2) is 37.7. The summed E-state index contributed by atoms with van der Waals surface area (Å²) in [5.74, 6) is -0.0423. The van der Waals surface area contributed by atoms with Crippen LogP contribution in [0.15, 0.2) is 70.9 Å². The van der Waals surface area contributed by atoms with Crippen LogP contribution in [0.25, 0.3) is 20.9 Å². The van der Waals surface area contributed by atoms with Gasteiger partial charge >= 0.3 is 0 Å². The van der Waals surface area contributed by atoms with Gasteiger partial charge in [-0.25, -0.2) is 0 Å². The molecule has 2 aromatic rings. The van der Waals surface area contributed by atoms with Crippen molar-refractivity contribution in [3.05, 3.63) is 81.5 Å². The topological polar surface area (TPSA) is 173 Å². The molecule has 2 atom stereocenters. The number of unbranched alkanes of at least 4 members (excludes halogenated alkanes) is 20. The number of hydrogen-bond donors (Lipinski definition) is 2. The Kier molecular flexibility index (Phi) is 34.3. The van der Waals surface area contributed by atoms with E-state index < -0.39 is 8.32 Å². The minimum Gasteiger partial charge on any atom is -0.405 e. The molecule has 2 aromatic carbocycles. The molecule has 0 aromatic heterocycles. The second-order valence-corrected chi connectivity index (χ2v) is 22.7. The Balaban J connectivity index is 0.000000735. The third-order valence-electron chi connectivity index (χ3n) is 11.9. The molecule has 0 spiro atoms. The lowest BCUT2D eigenvalue weighted by Crippen LogP contribution is -2.67. The van der Waals surface area contributed by atoms with Crippen LogP contribution < -0.4 is 15.7 Å². The summed E-state index contributed by atoms with van der Waals surface area (Å²) in [6.07, 6.45) is 29.2. The van der Waals surface area contributed by atoms with E-state index in [9.17, 15) is 9.59 Å². The average molecular weight is 890 g/mol. The number of Topliss-reactive ketones (excluding diaryl/α,β-unsaturated/α-hetero) is 1. The van der Waals surface area contributed by atoms with Crippen LogP contribution in [0.4, 0.5) is 0 Å². The zero-order valence-corrected chi connectivity index (χ0v) is 41.3.